The molecule has 0 heterocycles. The molecular formula is C96H70N4. The van der Waals surface area contributed by atoms with Crippen molar-refractivity contribution >= 4 is 68.2 Å². The van der Waals surface area contributed by atoms with E-state index in [2.05, 4.69) is 444 Å². The molecule has 0 N–H and O–H groups in total. The maximum absolute atomic E-state index is 2.37. The Labute approximate surface area is 586 Å². The Hall–Kier alpha value is -13.3. The fraction of sp³-hybridized carbons (Fsp3) is 0. The topological polar surface area (TPSA) is 13.0 Å². The molecule has 0 aromatic heterocycles. The summed E-state index contributed by atoms with van der Waals surface area (Å²) in [5.41, 5.74) is 29.0. The van der Waals surface area contributed by atoms with Crippen molar-refractivity contribution < 1.29 is 0 Å². The molecule has 0 saturated carbocycles. The van der Waals surface area contributed by atoms with E-state index in [1.165, 1.54) is 61.2 Å². The van der Waals surface area contributed by atoms with Crippen molar-refractivity contribution in [1.82, 2.24) is 0 Å². The van der Waals surface area contributed by atoms with Crippen molar-refractivity contribution in [2.45, 2.75) is 0 Å². The SMILES string of the molecule is c1ccc(-c2ccc(-c3ccc(N(c4ccc(N(c5ccc(-c6ccccc6)cc5)c5ccc(-c6ccccc6)cc5)cc4)c4ccc(N(c5ccc(-c6ccccc6)cc5)c5ccc(N(c6ccc(-c7ccccc7)cc6)c6ccc(-c7ccccc7)cc6)cc5)cc4)cc3)cc2)cc1. The third-order valence-corrected chi connectivity index (χ3v) is 18.7. The van der Waals surface area contributed by atoms with Crippen LogP contribution in [0.3, 0.4) is 0 Å². The summed E-state index contributed by atoms with van der Waals surface area (Å²) in [6.45, 7) is 0. The number of rotatable bonds is 19. The predicted octanol–water partition coefficient (Wildman–Crippen LogP) is 27.2. The molecule has 0 amide bonds. The first kappa shape index (κ1) is 61.6. The standard InChI is InChI=1S/C96H70N4/c1-7-19-71(20-8-1)77-31-33-78(34-32-77)84-45-57-90(58-46-84)100(94-65-61-92(62-66-94)98(87-51-39-81(40-52-87)74-25-13-4-14-26-74)88-53-41-82(42-54-88)75-27-15-5-16-28-75)96-69-67-95(68-70-96)99(89-55-43-83(44-56-89)76-29-17-6-18-30-76)93-63-59-91(60-64-93)97(85-47-35-79(36-48-85)72-21-9-2-10-22-72)86-49-37-80(38-50-86)73-23-11-3-12-24-73/h1-70H. The third-order valence-electron chi connectivity index (χ3n) is 18.7. The molecular weight excluding hydrogens is 1210 g/mol. The molecule has 0 aliphatic carbocycles. The van der Waals surface area contributed by atoms with Crippen molar-refractivity contribution in [2.24, 2.45) is 0 Å². The Morgan fingerprint density at radius 1 is 0.0800 bits per heavy atom. The largest absolute Gasteiger partial charge is 0.311 e. The normalized spacial score (nSPS) is 11.0. The zero-order chi connectivity index (χ0) is 66.8. The van der Waals surface area contributed by atoms with Gasteiger partial charge in [0.1, 0.15) is 0 Å². The molecule has 4 nitrogen and oxygen atoms in total. The van der Waals surface area contributed by atoms with Crippen LogP contribution in [0.25, 0.3) is 77.9 Å². The van der Waals surface area contributed by atoms with Crippen LogP contribution in [0, 0.1) is 0 Å². The van der Waals surface area contributed by atoms with Gasteiger partial charge in [0, 0.05) is 68.2 Å². The zero-order valence-electron chi connectivity index (χ0n) is 55.2. The molecule has 16 rings (SSSR count). The molecule has 0 spiro atoms. The number of benzene rings is 16. The highest BCUT2D eigenvalue weighted by molar-refractivity contribution is 5.88. The van der Waals surface area contributed by atoms with Gasteiger partial charge in [-0.2, -0.15) is 0 Å². The van der Waals surface area contributed by atoms with Crippen LogP contribution in [-0.4, -0.2) is 0 Å². The molecule has 0 saturated heterocycles. The summed E-state index contributed by atoms with van der Waals surface area (Å²) in [6.07, 6.45) is 0. The fourth-order valence-electron chi connectivity index (χ4n) is 13.5. The van der Waals surface area contributed by atoms with Gasteiger partial charge in [0.05, 0.1) is 0 Å². The lowest BCUT2D eigenvalue weighted by Crippen LogP contribution is -2.13. The third kappa shape index (κ3) is 13.4. The predicted molar refractivity (Wildman–Crippen MR) is 423 cm³/mol. The van der Waals surface area contributed by atoms with E-state index in [9.17, 15) is 0 Å². The Morgan fingerprint density at radius 2 is 0.160 bits per heavy atom. The Bertz CT molecular complexity index is 5110. The Morgan fingerprint density at radius 3 is 0.270 bits per heavy atom. The molecule has 0 bridgehead atoms. The molecule has 100 heavy (non-hydrogen) atoms. The van der Waals surface area contributed by atoms with Gasteiger partial charge in [-0.05, 0) is 223 Å². The van der Waals surface area contributed by atoms with Gasteiger partial charge >= 0.3 is 0 Å². The summed E-state index contributed by atoms with van der Waals surface area (Å²) in [6, 6.07) is 153. The molecule has 16 aromatic carbocycles. The maximum Gasteiger partial charge on any atom is 0.0463 e. The maximum atomic E-state index is 2.37. The van der Waals surface area contributed by atoms with Gasteiger partial charge in [-0.1, -0.05) is 279 Å². The second-order valence-corrected chi connectivity index (χ2v) is 24.9. The van der Waals surface area contributed by atoms with Crippen LogP contribution in [0.1, 0.15) is 0 Å². The number of anilines is 12. The summed E-state index contributed by atoms with van der Waals surface area (Å²) in [5, 5.41) is 0. The van der Waals surface area contributed by atoms with Crippen LogP contribution in [0.15, 0.2) is 425 Å². The van der Waals surface area contributed by atoms with Crippen LogP contribution < -0.4 is 19.6 Å². The second-order valence-electron chi connectivity index (χ2n) is 24.9. The molecule has 474 valence electrons. The van der Waals surface area contributed by atoms with Crippen LogP contribution in [-0.2, 0) is 0 Å². The number of hydrogen-bond acceptors (Lipinski definition) is 4. The number of nitrogens with zero attached hydrogens (tertiary/aromatic N) is 4. The summed E-state index contributed by atoms with van der Waals surface area (Å²) in [4.78, 5) is 9.42. The van der Waals surface area contributed by atoms with Gasteiger partial charge in [0.2, 0.25) is 0 Å². The zero-order valence-corrected chi connectivity index (χ0v) is 55.2. The molecule has 0 aliphatic rings. The first-order valence-electron chi connectivity index (χ1n) is 34.1. The summed E-state index contributed by atoms with van der Waals surface area (Å²) >= 11 is 0. The van der Waals surface area contributed by atoms with Gasteiger partial charge in [-0.3, -0.25) is 0 Å². The first-order valence-corrected chi connectivity index (χ1v) is 34.1. The van der Waals surface area contributed by atoms with Crippen molar-refractivity contribution in [3.8, 4) is 77.9 Å². The average molecular weight is 1280 g/mol. The van der Waals surface area contributed by atoms with E-state index in [1.807, 2.05) is 0 Å². The lowest BCUT2D eigenvalue weighted by molar-refractivity contribution is 1.24. The fourth-order valence-corrected chi connectivity index (χ4v) is 13.5. The molecule has 4 heteroatoms. The smallest absolute Gasteiger partial charge is 0.0463 e. The number of hydrogen-bond donors (Lipinski definition) is 0. The van der Waals surface area contributed by atoms with Gasteiger partial charge in [-0.15, -0.1) is 0 Å². The van der Waals surface area contributed by atoms with E-state index in [0.29, 0.717) is 0 Å². The van der Waals surface area contributed by atoms with Gasteiger partial charge in [0.15, 0.2) is 0 Å². The Kier molecular flexibility index (Phi) is 17.6. The minimum Gasteiger partial charge on any atom is -0.311 e. The highest BCUT2D eigenvalue weighted by atomic mass is 15.2. The summed E-state index contributed by atoms with van der Waals surface area (Å²) in [5.74, 6) is 0. The van der Waals surface area contributed by atoms with E-state index in [1.54, 1.807) is 0 Å². The highest BCUT2D eigenvalue weighted by Gasteiger charge is 2.21. The van der Waals surface area contributed by atoms with Gasteiger partial charge in [0.25, 0.3) is 0 Å². The lowest BCUT2D eigenvalue weighted by atomic mass is 10.00. The molecule has 0 atom stereocenters. The molecule has 16 aromatic rings. The first-order chi connectivity index (χ1) is 49.6. The van der Waals surface area contributed by atoms with Gasteiger partial charge < -0.3 is 19.6 Å². The summed E-state index contributed by atoms with van der Waals surface area (Å²) in [7, 11) is 0. The average Bonchev–Trinajstić information content (AvgIpc) is 0.798. The van der Waals surface area contributed by atoms with Crippen molar-refractivity contribution in [3.63, 3.8) is 0 Å². The van der Waals surface area contributed by atoms with Crippen LogP contribution >= 0.6 is 0 Å². The van der Waals surface area contributed by atoms with Crippen molar-refractivity contribution in [2.75, 3.05) is 19.6 Å². The van der Waals surface area contributed by atoms with Crippen LogP contribution in [0.5, 0.6) is 0 Å². The molecule has 0 unspecified atom stereocenters. The molecule has 0 radical (unpaired) electrons. The minimum absolute atomic E-state index is 1.02. The monoisotopic (exact) mass is 1280 g/mol. The van der Waals surface area contributed by atoms with Gasteiger partial charge in [-0.25, -0.2) is 0 Å². The Balaban J connectivity index is 0.773. The second kappa shape index (κ2) is 28.6. The minimum atomic E-state index is 1.02. The lowest BCUT2D eigenvalue weighted by Gasteiger charge is -2.30. The highest BCUT2D eigenvalue weighted by Crippen LogP contribution is 2.45. The molecule has 0 fully saturated rings. The van der Waals surface area contributed by atoms with Crippen LogP contribution in [0.2, 0.25) is 0 Å². The van der Waals surface area contributed by atoms with Crippen molar-refractivity contribution in [1.29, 1.82) is 0 Å². The summed E-state index contributed by atoms with van der Waals surface area (Å²) < 4.78 is 0. The van der Waals surface area contributed by atoms with E-state index in [-0.39, 0.29) is 0 Å². The van der Waals surface area contributed by atoms with E-state index in [0.717, 1.165) is 84.9 Å². The molecule has 0 aliphatic heterocycles. The van der Waals surface area contributed by atoms with E-state index in [4.69, 9.17) is 0 Å². The van der Waals surface area contributed by atoms with Crippen molar-refractivity contribution in [3.05, 3.63) is 425 Å². The quantitative estimate of drug-likeness (QED) is 0.0800. The van der Waals surface area contributed by atoms with E-state index >= 15 is 0 Å². The van der Waals surface area contributed by atoms with E-state index < -0.39 is 0 Å². The van der Waals surface area contributed by atoms with Crippen LogP contribution in [0.4, 0.5) is 68.2 Å².